The van der Waals surface area contributed by atoms with Crippen LogP contribution in [-0.4, -0.2) is 30.8 Å². The fraction of sp³-hybridized carbons (Fsp3) is 1.00. The maximum Gasteiger partial charge on any atom is 2.00 e. The van der Waals surface area contributed by atoms with Crippen molar-refractivity contribution in [3.63, 3.8) is 0 Å². The van der Waals surface area contributed by atoms with Crippen LogP contribution in [0.25, 0.3) is 0 Å². The molecular weight excluding hydrogens is 193 g/mol. The SMILES string of the molecule is CN(C)CO.[Cl-].[Cl-].[Fe+2]. The van der Waals surface area contributed by atoms with Gasteiger partial charge in [-0.3, -0.25) is 4.90 Å². The first-order chi connectivity index (χ1) is 2.27. The zero-order chi connectivity index (χ0) is 4.28. The number of halogens is 2. The molecule has 0 aliphatic rings. The van der Waals surface area contributed by atoms with Gasteiger partial charge >= 0.3 is 17.1 Å². The van der Waals surface area contributed by atoms with Gasteiger partial charge in [0, 0.05) is 0 Å². The van der Waals surface area contributed by atoms with E-state index in [-0.39, 0.29) is 48.6 Å². The number of nitrogens with zero attached hydrogens (tertiary/aromatic N) is 1. The van der Waals surface area contributed by atoms with E-state index < -0.39 is 0 Å². The fourth-order valence-electron chi connectivity index (χ4n) is 0. The third-order valence-corrected chi connectivity index (χ3v) is 0.283. The number of hydrogen-bond acceptors (Lipinski definition) is 2. The van der Waals surface area contributed by atoms with Gasteiger partial charge in [0.15, 0.2) is 0 Å². The second-order valence-corrected chi connectivity index (χ2v) is 1.22. The second kappa shape index (κ2) is 15.7. The zero-order valence-corrected chi connectivity index (χ0v) is 7.33. The topological polar surface area (TPSA) is 23.5 Å². The summed E-state index contributed by atoms with van der Waals surface area (Å²) in [7, 11) is 3.61. The molecule has 0 radical (unpaired) electrons. The van der Waals surface area contributed by atoms with Crippen molar-refractivity contribution in [1.82, 2.24) is 4.90 Å². The second-order valence-electron chi connectivity index (χ2n) is 1.22. The summed E-state index contributed by atoms with van der Waals surface area (Å²) in [6.07, 6.45) is 0. The Kier molecular flexibility index (Phi) is 45.1. The first-order valence-electron chi connectivity index (χ1n) is 1.53. The molecular formula is C3H9Cl2FeNO. The summed E-state index contributed by atoms with van der Waals surface area (Å²) in [6.45, 7) is 0.139. The Balaban J connectivity index is -0.0000000267. The predicted molar refractivity (Wildman–Crippen MR) is 20.8 cm³/mol. The van der Waals surface area contributed by atoms with E-state index in [0.717, 1.165) is 0 Å². The molecule has 0 saturated carbocycles. The van der Waals surface area contributed by atoms with Gasteiger partial charge in [-0.1, -0.05) is 0 Å². The van der Waals surface area contributed by atoms with E-state index in [0.29, 0.717) is 0 Å². The Hall–Kier alpha value is 1.02. The molecule has 2 nitrogen and oxygen atoms in total. The van der Waals surface area contributed by atoms with Gasteiger partial charge in [-0.15, -0.1) is 0 Å². The van der Waals surface area contributed by atoms with Crippen molar-refractivity contribution in [1.29, 1.82) is 0 Å². The minimum absolute atomic E-state index is 0. The van der Waals surface area contributed by atoms with Crippen molar-refractivity contribution >= 4 is 0 Å². The Morgan fingerprint density at radius 3 is 1.38 bits per heavy atom. The van der Waals surface area contributed by atoms with Crippen LogP contribution in [0.15, 0.2) is 0 Å². The van der Waals surface area contributed by atoms with E-state index in [9.17, 15) is 0 Å². The van der Waals surface area contributed by atoms with Gasteiger partial charge in [0.2, 0.25) is 0 Å². The van der Waals surface area contributed by atoms with Gasteiger partial charge in [0.1, 0.15) is 0 Å². The van der Waals surface area contributed by atoms with Crippen LogP contribution in [0.3, 0.4) is 0 Å². The van der Waals surface area contributed by atoms with E-state index in [1.807, 2.05) is 0 Å². The molecule has 0 aliphatic carbocycles. The monoisotopic (exact) mass is 201 g/mol. The molecule has 0 aromatic carbocycles. The molecule has 0 aliphatic heterocycles. The van der Waals surface area contributed by atoms with Gasteiger partial charge in [0.05, 0.1) is 6.73 Å². The third kappa shape index (κ3) is 27.9. The van der Waals surface area contributed by atoms with Crippen LogP contribution in [0.2, 0.25) is 0 Å². The molecule has 0 aromatic heterocycles. The van der Waals surface area contributed by atoms with Crippen molar-refractivity contribution in [2.24, 2.45) is 0 Å². The molecule has 0 bridgehead atoms. The summed E-state index contributed by atoms with van der Waals surface area (Å²) < 4.78 is 0. The van der Waals surface area contributed by atoms with E-state index in [1.165, 1.54) is 0 Å². The van der Waals surface area contributed by atoms with Crippen molar-refractivity contribution in [3.8, 4) is 0 Å². The standard InChI is InChI=1S/C3H9NO.2ClH.Fe/c1-4(2)3-5;;;/h5H,3H2,1-2H3;2*1H;/q;;;+2/p-2. The minimum atomic E-state index is 0. The molecule has 0 heterocycles. The number of aliphatic hydroxyl groups excluding tert-OH is 1. The van der Waals surface area contributed by atoms with Crippen LogP contribution in [0.5, 0.6) is 0 Å². The zero-order valence-electron chi connectivity index (χ0n) is 4.71. The summed E-state index contributed by atoms with van der Waals surface area (Å²) in [6, 6.07) is 0. The molecule has 0 aromatic rings. The molecule has 0 spiro atoms. The summed E-state index contributed by atoms with van der Waals surface area (Å²) in [4.78, 5) is 1.68. The van der Waals surface area contributed by atoms with E-state index >= 15 is 0 Å². The number of aliphatic hydroxyl groups is 1. The largest absolute Gasteiger partial charge is 2.00 e. The van der Waals surface area contributed by atoms with Gasteiger partial charge in [0.25, 0.3) is 0 Å². The fourth-order valence-corrected chi connectivity index (χ4v) is 0. The number of hydrogen-bond donors (Lipinski definition) is 1. The summed E-state index contributed by atoms with van der Waals surface area (Å²) in [5.74, 6) is 0. The maximum absolute atomic E-state index is 8.07. The van der Waals surface area contributed by atoms with E-state index in [1.54, 1.807) is 19.0 Å². The molecule has 0 saturated heterocycles. The Morgan fingerprint density at radius 2 is 1.38 bits per heavy atom. The molecule has 0 fully saturated rings. The predicted octanol–water partition coefficient (Wildman–Crippen LogP) is -6.50. The first kappa shape index (κ1) is 23.0. The minimum Gasteiger partial charge on any atom is -1.00 e. The van der Waals surface area contributed by atoms with Crippen LogP contribution >= 0.6 is 0 Å². The average molecular weight is 202 g/mol. The van der Waals surface area contributed by atoms with Crippen LogP contribution in [0.4, 0.5) is 0 Å². The van der Waals surface area contributed by atoms with Crippen LogP contribution in [-0.2, 0) is 17.1 Å². The summed E-state index contributed by atoms with van der Waals surface area (Å²) in [5.41, 5.74) is 0. The van der Waals surface area contributed by atoms with Crippen LogP contribution < -0.4 is 24.8 Å². The van der Waals surface area contributed by atoms with E-state index in [4.69, 9.17) is 5.11 Å². The molecule has 0 unspecified atom stereocenters. The number of rotatable bonds is 1. The van der Waals surface area contributed by atoms with Gasteiger partial charge in [-0.2, -0.15) is 0 Å². The summed E-state index contributed by atoms with van der Waals surface area (Å²) >= 11 is 0. The molecule has 1 N–H and O–H groups in total. The van der Waals surface area contributed by atoms with Crippen LogP contribution in [0, 0.1) is 0 Å². The normalized spacial score (nSPS) is 6.00. The van der Waals surface area contributed by atoms with Gasteiger partial charge in [-0.25, -0.2) is 0 Å². The molecule has 5 heteroatoms. The van der Waals surface area contributed by atoms with E-state index in [2.05, 4.69) is 0 Å². The smallest absolute Gasteiger partial charge is 1.00 e. The molecule has 0 amide bonds. The molecule has 8 heavy (non-hydrogen) atoms. The summed E-state index contributed by atoms with van der Waals surface area (Å²) in [5, 5.41) is 8.07. The third-order valence-electron chi connectivity index (χ3n) is 0.283. The Labute approximate surface area is 72.9 Å². The van der Waals surface area contributed by atoms with Gasteiger partial charge < -0.3 is 29.9 Å². The van der Waals surface area contributed by atoms with Crippen LogP contribution in [0.1, 0.15) is 0 Å². The maximum atomic E-state index is 8.07. The van der Waals surface area contributed by atoms with Gasteiger partial charge in [-0.05, 0) is 14.1 Å². The molecule has 54 valence electrons. The Morgan fingerprint density at radius 1 is 1.25 bits per heavy atom. The molecule has 0 atom stereocenters. The van der Waals surface area contributed by atoms with Crippen molar-refractivity contribution in [2.75, 3.05) is 20.8 Å². The average Bonchev–Trinajstić information content (AvgIpc) is 1.38. The molecule has 0 rings (SSSR count). The van der Waals surface area contributed by atoms with Crippen molar-refractivity contribution in [3.05, 3.63) is 0 Å². The first-order valence-corrected chi connectivity index (χ1v) is 1.53. The van der Waals surface area contributed by atoms with Crippen molar-refractivity contribution in [2.45, 2.75) is 0 Å². The Bertz CT molecular complexity index is 31.2. The quantitative estimate of drug-likeness (QED) is 0.337. The van der Waals surface area contributed by atoms with Crippen molar-refractivity contribution < 1.29 is 47.0 Å².